The number of hydrogen-bond donors (Lipinski definition) is 2. The van der Waals surface area contributed by atoms with Crippen LogP contribution in [0.3, 0.4) is 0 Å². The van der Waals surface area contributed by atoms with Crippen LogP contribution in [0.1, 0.15) is 41.4 Å². The molecule has 3 N–H and O–H groups in total. The number of rotatable bonds is 7. The van der Waals surface area contributed by atoms with Crippen LogP contribution >= 0.6 is 0 Å². The van der Waals surface area contributed by atoms with Crippen molar-refractivity contribution in [2.45, 2.75) is 45.2 Å². The Morgan fingerprint density at radius 1 is 1.11 bits per heavy atom. The minimum Gasteiger partial charge on any atom is -0.346 e. The molecule has 1 unspecified atom stereocenters. The maximum atomic E-state index is 13.3. The van der Waals surface area contributed by atoms with E-state index in [2.05, 4.69) is 16.9 Å². The van der Waals surface area contributed by atoms with E-state index in [0.29, 0.717) is 5.69 Å². The third kappa shape index (κ3) is 7.54. The van der Waals surface area contributed by atoms with E-state index in [9.17, 15) is 31.1 Å². The average molecular weight is 497 g/mol. The summed E-state index contributed by atoms with van der Waals surface area (Å²) < 4.78 is 78.1. The van der Waals surface area contributed by atoms with E-state index in [0.717, 1.165) is 24.6 Å². The number of halogens is 6. The number of carbonyl (C=O) groups excluding carboxylic acids is 1. The first kappa shape index (κ1) is 27.8. The number of hydrogen-bond acceptors (Lipinski definition) is 3. The predicted molar refractivity (Wildman–Crippen MR) is 122 cm³/mol. The van der Waals surface area contributed by atoms with Crippen LogP contribution in [0.2, 0.25) is 0 Å². The number of allylic oxidation sites excluding steroid dienone is 3. The van der Waals surface area contributed by atoms with Crippen LogP contribution in [-0.4, -0.2) is 29.3 Å². The molecule has 1 aromatic heterocycles. The Hall–Kier alpha value is -3.40. The summed E-state index contributed by atoms with van der Waals surface area (Å²) in [4.78, 5) is 17.1. The Bertz CT molecular complexity index is 1130. The number of aryl methyl sites for hydroxylation is 1. The smallest absolute Gasteiger partial charge is 0.346 e. The van der Waals surface area contributed by atoms with E-state index in [-0.39, 0.29) is 22.3 Å². The molecule has 0 aliphatic rings. The highest BCUT2D eigenvalue weighted by Gasteiger charge is 2.38. The third-order valence-electron chi connectivity index (χ3n) is 5.19. The summed E-state index contributed by atoms with van der Waals surface area (Å²) in [6.07, 6.45) is -4.43. The van der Waals surface area contributed by atoms with Gasteiger partial charge in [-0.2, -0.15) is 26.3 Å². The lowest BCUT2D eigenvalue weighted by molar-refractivity contribution is -0.149. The van der Waals surface area contributed by atoms with Crippen molar-refractivity contribution in [2.75, 3.05) is 0 Å². The van der Waals surface area contributed by atoms with Gasteiger partial charge >= 0.3 is 12.4 Å². The molecule has 0 aliphatic heterocycles. The van der Waals surface area contributed by atoms with Crippen LogP contribution in [0.4, 0.5) is 26.3 Å². The Morgan fingerprint density at radius 3 is 2.29 bits per heavy atom. The SMILES string of the molecule is C=C/C(=C\C=C(/C)C(F)(F)F)[C@@H](C)NC(=O)c1cc(-c2ccc(C)cn2)cc(C(N)C(F)(F)F)c1. The molecule has 1 aromatic carbocycles. The van der Waals surface area contributed by atoms with Crippen LogP contribution in [0, 0.1) is 6.92 Å². The van der Waals surface area contributed by atoms with Crippen LogP contribution in [-0.2, 0) is 0 Å². The maximum Gasteiger partial charge on any atom is 0.412 e. The van der Waals surface area contributed by atoms with Gasteiger partial charge in [0, 0.05) is 22.9 Å². The van der Waals surface area contributed by atoms with Gasteiger partial charge in [-0.05, 0) is 61.7 Å². The fourth-order valence-corrected chi connectivity index (χ4v) is 3.01. The largest absolute Gasteiger partial charge is 0.412 e. The lowest BCUT2D eigenvalue weighted by Crippen LogP contribution is -2.34. The number of nitrogens with one attached hydrogen (secondary N) is 1. The first-order chi connectivity index (χ1) is 16.1. The molecule has 35 heavy (non-hydrogen) atoms. The second-order valence-corrected chi connectivity index (χ2v) is 8.00. The molecule has 4 nitrogen and oxygen atoms in total. The Labute approximate surface area is 199 Å². The first-order valence-corrected chi connectivity index (χ1v) is 10.4. The molecule has 0 saturated carbocycles. The molecule has 188 valence electrons. The molecule has 0 spiro atoms. The monoisotopic (exact) mass is 497 g/mol. The number of pyridine rings is 1. The lowest BCUT2D eigenvalue weighted by atomic mass is 9.97. The number of aromatic nitrogens is 1. The zero-order valence-corrected chi connectivity index (χ0v) is 19.3. The summed E-state index contributed by atoms with van der Waals surface area (Å²) in [7, 11) is 0. The molecule has 0 fully saturated rings. The van der Waals surface area contributed by atoms with Gasteiger partial charge < -0.3 is 11.1 Å². The van der Waals surface area contributed by atoms with E-state index in [4.69, 9.17) is 5.73 Å². The van der Waals surface area contributed by atoms with Gasteiger partial charge in [-0.1, -0.05) is 30.9 Å². The summed E-state index contributed by atoms with van der Waals surface area (Å²) in [5.41, 5.74) is 5.79. The topological polar surface area (TPSA) is 68.0 Å². The first-order valence-electron chi connectivity index (χ1n) is 10.4. The summed E-state index contributed by atoms with van der Waals surface area (Å²) >= 11 is 0. The molecule has 2 aromatic rings. The minimum atomic E-state index is -4.75. The van der Waals surface area contributed by atoms with E-state index < -0.39 is 35.9 Å². The number of alkyl halides is 6. The van der Waals surface area contributed by atoms with Gasteiger partial charge in [0.15, 0.2) is 0 Å². The van der Waals surface area contributed by atoms with Crippen molar-refractivity contribution < 1.29 is 31.1 Å². The summed E-state index contributed by atoms with van der Waals surface area (Å²) in [5, 5.41) is 2.57. The van der Waals surface area contributed by atoms with E-state index in [1.807, 2.05) is 0 Å². The van der Waals surface area contributed by atoms with E-state index in [1.165, 1.54) is 37.4 Å². The van der Waals surface area contributed by atoms with Crippen molar-refractivity contribution in [3.63, 3.8) is 0 Å². The van der Waals surface area contributed by atoms with Crippen LogP contribution < -0.4 is 11.1 Å². The zero-order valence-electron chi connectivity index (χ0n) is 19.3. The molecule has 1 heterocycles. The van der Waals surface area contributed by atoms with Gasteiger partial charge in [-0.25, -0.2) is 0 Å². The molecule has 0 saturated heterocycles. The van der Waals surface area contributed by atoms with Crippen molar-refractivity contribution in [2.24, 2.45) is 5.73 Å². The lowest BCUT2D eigenvalue weighted by Gasteiger charge is -2.19. The van der Waals surface area contributed by atoms with E-state index in [1.54, 1.807) is 19.1 Å². The minimum absolute atomic E-state index is 0.114. The molecule has 2 rings (SSSR count). The Balaban J connectivity index is 2.43. The predicted octanol–water partition coefficient (Wildman–Crippen LogP) is 6.36. The van der Waals surface area contributed by atoms with Crippen molar-refractivity contribution in [1.29, 1.82) is 0 Å². The fraction of sp³-hybridized carbons (Fsp3) is 0.280. The highest BCUT2D eigenvalue weighted by molar-refractivity contribution is 5.96. The zero-order chi connectivity index (χ0) is 26.6. The van der Waals surface area contributed by atoms with Gasteiger partial charge in [-0.15, -0.1) is 0 Å². The maximum absolute atomic E-state index is 13.3. The normalized spacial score (nSPS) is 14.9. The molecule has 1 amide bonds. The van der Waals surface area contributed by atoms with Crippen LogP contribution in [0.5, 0.6) is 0 Å². The summed E-state index contributed by atoms with van der Waals surface area (Å²) in [6, 6.07) is 3.81. The standard InChI is InChI=1S/C25H25F6N3O/c1-5-17(8-7-15(3)24(26,27)28)16(4)34-23(35)20-11-18(21-9-6-14(2)13-33-21)10-19(12-20)22(32)25(29,30)31/h5-13,16,22H,1,32H2,2-4H3,(H,34,35)/b15-7+,17-8+/t16-,22?/m1/s1. The van der Waals surface area contributed by atoms with Crippen molar-refractivity contribution in [1.82, 2.24) is 10.3 Å². The molecular formula is C25H25F6N3O. The second-order valence-electron chi connectivity index (χ2n) is 8.00. The molecule has 10 heteroatoms. The second kappa shape index (κ2) is 10.9. The molecule has 2 atom stereocenters. The summed E-state index contributed by atoms with van der Waals surface area (Å²) in [6.45, 7) is 7.75. The van der Waals surface area contributed by atoms with Crippen LogP contribution in [0.25, 0.3) is 11.3 Å². The van der Waals surface area contributed by atoms with Gasteiger partial charge in [0.2, 0.25) is 0 Å². The Kier molecular flexibility index (Phi) is 8.67. The average Bonchev–Trinajstić information content (AvgIpc) is 2.77. The number of nitrogens with two attached hydrogens (primary N) is 1. The molecule has 0 aliphatic carbocycles. The molecule has 0 bridgehead atoms. The Morgan fingerprint density at radius 2 is 1.77 bits per heavy atom. The van der Waals surface area contributed by atoms with Gasteiger partial charge in [0.05, 0.1) is 11.7 Å². The van der Waals surface area contributed by atoms with Crippen molar-refractivity contribution >= 4 is 5.91 Å². The quantitative estimate of drug-likeness (QED) is 0.346. The fourth-order valence-electron chi connectivity index (χ4n) is 3.01. The summed E-state index contributed by atoms with van der Waals surface area (Å²) in [5.74, 6) is -0.744. The van der Waals surface area contributed by atoms with Gasteiger partial charge in [0.1, 0.15) is 6.04 Å². The molecular weight excluding hydrogens is 472 g/mol. The van der Waals surface area contributed by atoms with Crippen LogP contribution in [0.15, 0.2) is 72.5 Å². The number of amides is 1. The number of nitrogens with zero attached hydrogens (tertiary/aromatic N) is 1. The van der Waals surface area contributed by atoms with Crippen molar-refractivity contribution in [3.05, 3.63) is 89.2 Å². The van der Waals surface area contributed by atoms with Gasteiger partial charge in [-0.3, -0.25) is 9.78 Å². The number of benzene rings is 1. The number of carbonyl (C=O) groups is 1. The highest BCUT2D eigenvalue weighted by Crippen LogP contribution is 2.33. The van der Waals surface area contributed by atoms with E-state index >= 15 is 0 Å². The highest BCUT2D eigenvalue weighted by atomic mass is 19.4. The third-order valence-corrected chi connectivity index (χ3v) is 5.19. The van der Waals surface area contributed by atoms with Crippen molar-refractivity contribution in [3.8, 4) is 11.3 Å². The molecule has 0 radical (unpaired) electrons. The van der Waals surface area contributed by atoms with Gasteiger partial charge in [0.25, 0.3) is 5.91 Å².